The number of rotatable bonds is 13. The fraction of sp³-hybridized carbons (Fsp3) is 0.889. The Morgan fingerprint density at radius 1 is 0.632 bits per heavy atom. The molecule has 1 heteroatoms. The Labute approximate surface area is 124 Å². The van der Waals surface area contributed by atoms with E-state index in [1.165, 1.54) is 75.5 Å². The molecule has 0 amide bonds. The topological polar surface area (TPSA) is 0 Å². The summed E-state index contributed by atoms with van der Waals surface area (Å²) >= 11 is 0. The van der Waals surface area contributed by atoms with E-state index in [2.05, 4.69) is 39.8 Å². The molecule has 0 saturated carbocycles. The zero-order valence-corrected chi connectivity index (χ0v) is 15.1. The van der Waals surface area contributed by atoms with E-state index in [-0.39, 0.29) is 0 Å². The van der Waals surface area contributed by atoms with E-state index in [1.807, 2.05) is 0 Å². The van der Waals surface area contributed by atoms with Gasteiger partial charge in [0.25, 0.3) is 0 Å². The molecule has 0 rings (SSSR count). The average molecular weight is 283 g/mol. The summed E-state index contributed by atoms with van der Waals surface area (Å²) in [6.45, 7) is 9.51. The van der Waals surface area contributed by atoms with Gasteiger partial charge in [-0.05, 0) is 18.9 Å². The molecular formula is C18H38Si. The second kappa shape index (κ2) is 13.0. The summed E-state index contributed by atoms with van der Waals surface area (Å²) in [6, 6.07) is 5.80. The molecule has 0 N–H and O–H groups in total. The normalized spacial score (nSPS) is 12.4. The van der Waals surface area contributed by atoms with Crippen molar-refractivity contribution in [3.63, 3.8) is 0 Å². The van der Waals surface area contributed by atoms with Crippen LogP contribution in [-0.4, -0.2) is 8.07 Å². The lowest BCUT2D eigenvalue weighted by atomic mass is 10.1. The molecule has 0 spiro atoms. The molecule has 0 unspecified atom stereocenters. The summed E-state index contributed by atoms with van der Waals surface area (Å²) in [6.07, 6.45) is 16.3. The van der Waals surface area contributed by atoms with Crippen molar-refractivity contribution < 1.29 is 0 Å². The molecule has 0 bridgehead atoms. The Morgan fingerprint density at radius 3 is 1.68 bits per heavy atom. The predicted octanol–water partition coefficient (Wildman–Crippen LogP) is 7.19. The fourth-order valence-electron chi connectivity index (χ4n) is 2.85. The minimum Gasteiger partial charge on any atom is -0.0912 e. The summed E-state index contributed by atoms with van der Waals surface area (Å²) in [5.41, 5.74) is 0. The summed E-state index contributed by atoms with van der Waals surface area (Å²) in [7, 11) is -0.895. The van der Waals surface area contributed by atoms with Crippen LogP contribution < -0.4 is 0 Å². The molecule has 0 saturated heterocycles. The highest BCUT2D eigenvalue weighted by Crippen LogP contribution is 2.25. The van der Waals surface area contributed by atoms with E-state index >= 15 is 0 Å². The van der Waals surface area contributed by atoms with Gasteiger partial charge in [-0.2, -0.15) is 0 Å². The van der Waals surface area contributed by atoms with Gasteiger partial charge in [0.2, 0.25) is 0 Å². The minimum absolute atomic E-state index is 0.895. The first-order chi connectivity index (χ1) is 9.24. The Morgan fingerprint density at radius 2 is 1.16 bits per heavy atom. The molecule has 0 aliphatic rings. The maximum atomic E-state index is 2.51. The van der Waals surface area contributed by atoms with Crippen LogP contribution in [-0.2, 0) is 0 Å². The molecule has 0 aromatic heterocycles. The van der Waals surface area contributed by atoms with Crippen LogP contribution in [0, 0.1) is 0 Å². The van der Waals surface area contributed by atoms with E-state index in [0.717, 1.165) is 0 Å². The number of unbranched alkanes of at least 4 members (excludes halogenated alkanes) is 7. The van der Waals surface area contributed by atoms with Crippen LogP contribution in [0.2, 0.25) is 24.2 Å². The third kappa shape index (κ3) is 9.48. The Bertz CT molecular complexity index is 195. The third-order valence-electron chi connectivity index (χ3n) is 4.94. The quantitative estimate of drug-likeness (QED) is 0.190. The molecule has 0 aromatic carbocycles. The van der Waals surface area contributed by atoms with E-state index < -0.39 is 8.07 Å². The van der Waals surface area contributed by atoms with E-state index in [1.54, 1.807) is 0 Å². The lowest BCUT2D eigenvalue weighted by Crippen LogP contribution is -2.29. The zero-order chi connectivity index (χ0) is 14.4. The van der Waals surface area contributed by atoms with Gasteiger partial charge in [0.15, 0.2) is 0 Å². The highest BCUT2D eigenvalue weighted by atomic mass is 28.3. The van der Waals surface area contributed by atoms with Gasteiger partial charge in [0.05, 0.1) is 8.07 Å². The minimum atomic E-state index is -0.895. The summed E-state index contributed by atoms with van der Waals surface area (Å²) < 4.78 is 0. The van der Waals surface area contributed by atoms with E-state index in [4.69, 9.17) is 0 Å². The van der Waals surface area contributed by atoms with Gasteiger partial charge in [-0.25, -0.2) is 0 Å². The lowest BCUT2D eigenvalue weighted by molar-refractivity contribution is 0.592. The van der Waals surface area contributed by atoms with Crippen LogP contribution in [0.1, 0.15) is 79.1 Å². The van der Waals surface area contributed by atoms with Crippen molar-refractivity contribution in [1.29, 1.82) is 0 Å². The highest BCUT2D eigenvalue weighted by Gasteiger charge is 2.24. The molecule has 0 atom stereocenters. The molecular weight excluding hydrogens is 244 g/mol. The third-order valence-corrected chi connectivity index (χ3v) is 10.5. The van der Waals surface area contributed by atoms with Gasteiger partial charge in [-0.3, -0.25) is 0 Å². The van der Waals surface area contributed by atoms with Crippen LogP contribution >= 0.6 is 0 Å². The highest BCUT2D eigenvalue weighted by molar-refractivity contribution is 6.80. The first-order valence-electron chi connectivity index (χ1n) is 8.89. The van der Waals surface area contributed by atoms with Gasteiger partial charge < -0.3 is 0 Å². The Kier molecular flexibility index (Phi) is 12.9. The van der Waals surface area contributed by atoms with Crippen molar-refractivity contribution in [3.05, 3.63) is 12.2 Å². The fourth-order valence-corrected chi connectivity index (χ4v) is 5.89. The SMILES string of the molecule is CCCCCCCCC/C=C/C[Si](CC)(CC)CC. The summed E-state index contributed by atoms with van der Waals surface area (Å²) in [5, 5.41) is 0. The maximum absolute atomic E-state index is 2.51. The second-order valence-corrected chi connectivity index (χ2v) is 11.7. The summed E-state index contributed by atoms with van der Waals surface area (Å²) in [5.74, 6) is 0. The van der Waals surface area contributed by atoms with Crippen molar-refractivity contribution in [2.24, 2.45) is 0 Å². The molecule has 114 valence electrons. The van der Waals surface area contributed by atoms with Gasteiger partial charge in [-0.15, -0.1) is 0 Å². The molecule has 0 aliphatic heterocycles. The Balaban J connectivity index is 3.53. The van der Waals surface area contributed by atoms with Crippen molar-refractivity contribution in [3.8, 4) is 0 Å². The second-order valence-electron chi connectivity index (χ2n) is 6.15. The van der Waals surface area contributed by atoms with Crippen molar-refractivity contribution >= 4 is 8.07 Å². The van der Waals surface area contributed by atoms with Crippen molar-refractivity contribution in [1.82, 2.24) is 0 Å². The number of hydrogen-bond acceptors (Lipinski definition) is 0. The monoisotopic (exact) mass is 282 g/mol. The van der Waals surface area contributed by atoms with Gasteiger partial charge in [-0.1, -0.05) is 96.5 Å². The van der Waals surface area contributed by atoms with Gasteiger partial charge in [0.1, 0.15) is 0 Å². The van der Waals surface area contributed by atoms with Crippen LogP contribution in [0.5, 0.6) is 0 Å². The Hall–Kier alpha value is -0.0431. The molecule has 0 fully saturated rings. The number of allylic oxidation sites excluding steroid dienone is 2. The van der Waals surface area contributed by atoms with Gasteiger partial charge >= 0.3 is 0 Å². The van der Waals surface area contributed by atoms with Crippen LogP contribution in [0.3, 0.4) is 0 Å². The predicted molar refractivity (Wildman–Crippen MR) is 93.8 cm³/mol. The smallest absolute Gasteiger partial charge is 0.0565 e. The molecule has 0 aromatic rings. The standard InChI is InChI=1S/C18H38Si/c1-5-9-10-11-12-13-14-15-16-17-18-19(6-2,7-3)8-4/h16-17H,5-15,18H2,1-4H3/b17-16+. The van der Waals surface area contributed by atoms with E-state index in [0.29, 0.717) is 0 Å². The largest absolute Gasteiger partial charge is 0.0912 e. The zero-order valence-electron chi connectivity index (χ0n) is 14.1. The molecule has 0 nitrogen and oxygen atoms in total. The van der Waals surface area contributed by atoms with Gasteiger partial charge in [0, 0.05) is 0 Å². The first kappa shape index (κ1) is 19.0. The van der Waals surface area contributed by atoms with Crippen molar-refractivity contribution in [2.45, 2.75) is 103 Å². The first-order valence-corrected chi connectivity index (χ1v) is 11.7. The number of hydrogen-bond donors (Lipinski definition) is 0. The summed E-state index contributed by atoms with van der Waals surface area (Å²) in [4.78, 5) is 0. The molecule has 0 heterocycles. The lowest BCUT2D eigenvalue weighted by Gasteiger charge is -2.26. The molecule has 19 heavy (non-hydrogen) atoms. The average Bonchev–Trinajstić information content (AvgIpc) is 2.46. The van der Waals surface area contributed by atoms with Crippen LogP contribution in [0.4, 0.5) is 0 Å². The van der Waals surface area contributed by atoms with E-state index in [9.17, 15) is 0 Å². The molecule has 0 aliphatic carbocycles. The molecule has 0 radical (unpaired) electrons. The van der Waals surface area contributed by atoms with Crippen LogP contribution in [0.15, 0.2) is 12.2 Å². The van der Waals surface area contributed by atoms with Crippen molar-refractivity contribution in [2.75, 3.05) is 0 Å². The van der Waals surface area contributed by atoms with Crippen LogP contribution in [0.25, 0.3) is 0 Å². The maximum Gasteiger partial charge on any atom is 0.0565 e.